The molecule has 1 aliphatic heterocycles. The third kappa shape index (κ3) is 3.95. The van der Waals surface area contributed by atoms with Crippen molar-refractivity contribution in [1.29, 1.82) is 0 Å². The number of likely N-dealkylation sites (tertiary alicyclic amines) is 1. The SMILES string of the molecule is CC(C)C1CCN(CC(C)(C)F)CC1. The van der Waals surface area contributed by atoms with Gasteiger partial charge in [0, 0.05) is 6.54 Å². The van der Waals surface area contributed by atoms with Gasteiger partial charge in [-0.1, -0.05) is 13.8 Å². The molecular formula is C12H24FN. The van der Waals surface area contributed by atoms with Crippen LogP contribution >= 0.6 is 0 Å². The van der Waals surface area contributed by atoms with Gasteiger partial charge in [-0.2, -0.15) is 0 Å². The van der Waals surface area contributed by atoms with E-state index in [1.807, 2.05) is 0 Å². The molecule has 0 radical (unpaired) electrons. The van der Waals surface area contributed by atoms with Gasteiger partial charge in [0.05, 0.1) is 0 Å². The lowest BCUT2D eigenvalue weighted by Gasteiger charge is -2.35. The summed E-state index contributed by atoms with van der Waals surface area (Å²) in [6.45, 7) is 10.7. The van der Waals surface area contributed by atoms with E-state index in [0.717, 1.165) is 24.9 Å². The molecule has 0 bridgehead atoms. The molecule has 1 fully saturated rings. The van der Waals surface area contributed by atoms with E-state index in [1.165, 1.54) is 12.8 Å². The third-order valence-corrected chi connectivity index (χ3v) is 3.17. The Hall–Kier alpha value is -0.110. The molecule has 1 heterocycles. The molecule has 0 N–H and O–H groups in total. The van der Waals surface area contributed by atoms with E-state index in [2.05, 4.69) is 18.7 Å². The average Bonchev–Trinajstić information content (AvgIpc) is 2.02. The quantitative estimate of drug-likeness (QED) is 0.678. The highest BCUT2D eigenvalue weighted by Crippen LogP contribution is 2.25. The Labute approximate surface area is 87.7 Å². The van der Waals surface area contributed by atoms with Crippen LogP contribution < -0.4 is 0 Å². The van der Waals surface area contributed by atoms with Crippen LogP contribution in [-0.4, -0.2) is 30.2 Å². The molecule has 84 valence electrons. The van der Waals surface area contributed by atoms with Crippen molar-refractivity contribution in [2.75, 3.05) is 19.6 Å². The lowest BCUT2D eigenvalue weighted by atomic mass is 9.86. The molecule has 0 atom stereocenters. The van der Waals surface area contributed by atoms with Gasteiger partial charge in [0.1, 0.15) is 5.67 Å². The molecule has 1 rings (SSSR count). The van der Waals surface area contributed by atoms with Crippen molar-refractivity contribution >= 4 is 0 Å². The number of piperidine rings is 1. The highest BCUT2D eigenvalue weighted by Gasteiger charge is 2.26. The lowest BCUT2D eigenvalue weighted by Crippen LogP contribution is -2.41. The van der Waals surface area contributed by atoms with Crippen LogP contribution in [0, 0.1) is 11.8 Å². The van der Waals surface area contributed by atoms with Crippen LogP contribution in [0.2, 0.25) is 0 Å². The normalized spacial score (nSPS) is 21.9. The van der Waals surface area contributed by atoms with Crippen molar-refractivity contribution in [3.63, 3.8) is 0 Å². The van der Waals surface area contributed by atoms with E-state index >= 15 is 0 Å². The Morgan fingerprint density at radius 3 is 2.14 bits per heavy atom. The number of halogens is 1. The summed E-state index contributed by atoms with van der Waals surface area (Å²) in [4.78, 5) is 2.26. The minimum absolute atomic E-state index is 0.595. The fourth-order valence-electron chi connectivity index (χ4n) is 2.31. The predicted molar refractivity (Wildman–Crippen MR) is 59.2 cm³/mol. The van der Waals surface area contributed by atoms with Crippen LogP contribution in [0.15, 0.2) is 0 Å². The minimum atomic E-state index is -1.04. The van der Waals surface area contributed by atoms with E-state index in [0.29, 0.717) is 6.54 Å². The zero-order valence-electron chi connectivity index (χ0n) is 10.0. The standard InChI is InChI=1S/C12H24FN/c1-10(2)11-5-7-14(8-6-11)9-12(3,4)13/h10-11H,5-9H2,1-4H3. The van der Waals surface area contributed by atoms with Gasteiger partial charge in [0.15, 0.2) is 0 Å². The zero-order valence-corrected chi connectivity index (χ0v) is 10.0. The fourth-order valence-corrected chi connectivity index (χ4v) is 2.31. The largest absolute Gasteiger partial charge is 0.300 e. The van der Waals surface area contributed by atoms with Crippen molar-refractivity contribution in [1.82, 2.24) is 4.90 Å². The number of rotatable bonds is 3. The van der Waals surface area contributed by atoms with E-state index in [-0.39, 0.29) is 0 Å². The van der Waals surface area contributed by atoms with Gasteiger partial charge in [-0.15, -0.1) is 0 Å². The molecule has 14 heavy (non-hydrogen) atoms. The van der Waals surface area contributed by atoms with Crippen molar-refractivity contribution < 1.29 is 4.39 Å². The molecular weight excluding hydrogens is 177 g/mol. The van der Waals surface area contributed by atoms with E-state index < -0.39 is 5.67 Å². The molecule has 0 aromatic heterocycles. The summed E-state index contributed by atoms with van der Waals surface area (Å²) in [6.07, 6.45) is 2.49. The summed E-state index contributed by atoms with van der Waals surface area (Å²) in [7, 11) is 0. The average molecular weight is 201 g/mol. The molecule has 1 saturated heterocycles. The third-order valence-electron chi connectivity index (χ3n) is 3.17. The van der Waals surface area contributed by atoms with Crippen molar-refractivity contribution in [2.45, 2.75) is 46.2 Å². The van der Waals surface area contributed by atoms with Crippen LogP contribution in [0.4, 0.5) is 4.39 Å². The van der Waals surface area contributed by atoms with Crippen LogP contribution in [-0.2, 0) is 0 Å². The first-order chi connectivity index (χ1) is 6.38. The monoisotopic (exact) mass is 201 g/mol. The molecule has 0 amide bonds. The van der Waals surface area contributed by atoms with Crippen LogP contribution in [0.1, 0.15) is 40.5 Å². The second kappa shape index (κ2) is 4.61. The van der Waals surface area contributed by atoms with Gasteiger partial charge in [0.2, 0.25) is 0 Å². The summed E-state index contributed by atoms with van der Waals surface area (Å²) in [5.41, 5.74) is -1.04. The van der Waals surface area contributed by atoms with Gasteiger partial charge >= 0.3 is 0 Å². The second-order valence-corrected chi connectivity index (χ2v) is 5.58. The van der Waals surface area contributed by atoms with E-state index in [1.54, 1.807) is 13.8 Å². The van der Waals surface area contributed by atoms with Crippen LogP contribution in [0.5, 0.6) is 0 Å². The molecule has 1 nitrogen and oxygen atoms in total. The summed E-state index contributed by atoms with van der Waals surface area (Å²) in [6, 6.07) is 0. The van der Waals surface area contributed by atoms with Crippen LogP contribution in [0.25, 0.3) is 0 Å². The Balaban J connectivity index is 2.29. The number of hydrogen-bond acceptors (Lipinski definition) is 1. The Bertz CT molecular complexity index is 164. The first kappa shape index (κ1) is 12.0. The van der Waals surface area contributed by atoms with E-state index in [9.17, 15) is 4.39 Å². The summed E-state index contributed by atoms with van der Waals surface area (Å²) in [5, 5.41) is 0. The van der Waals surface area contributed by atoms with Crippen molar-refractivity contribution in [3.8, 4) is 0 Å². The highest BCUT2D eigenvalue weighted by molar-refractivity contribution is 4.79. The maximum atomic E-state index is 13.4. The van der Waals surface area contributed by atoms with Crippen LogP contribution in [0.3, 0.4) is 0 Å². The molecule has 0 spiro atoms. The van der Waals surface area contributed by atoms with Crippen molar-refractivity contribution in [2.24, 2.45) is 11.8 Å². The molecule has 0 saturated carbocycles. The number of alkyl halides is 1. The van der Waals surface area contributed by atoms with Gasteiger partial charge in [-0.05, 0) is 51.6 Å². The van der Waals surface area contributed by atoms with Gasteiger partial charge < -0.3 is 4.90 Å². The minimum Gasteiger partial charge on any atom is -0.300 e. The number of nitrogens with zero attached hydrogens (tertiary/aromatic N) is 1. The topological polar surface area (TPSA) is 3.24 Å². The summed E-state index contributed by atoms with van der Waals surface area (Å²) < 4.78 is 13.4. The predicted octanol–water partition coefficient (Wildman–Crippen LogP) is 3.10. The summed E-state index contributed by atoms with van der Waals surface area (Å²) in [5.74, 6) is 1.64. The smallest absolute Gasteiger partial charge is 0.118 e. The van der Waals surface area contributed by atoms with Gasteiger partial charge in [0.25, 0.3) is 0 Å². The second-order valence-electron chi connectivity index (χ2n) is 5.58. The molecule has 0 aromatic rings. The molecule has 2 heteroatoms. The van der Waals surface area contributed by atoms with Gasteiger partial charge in [-0.25, -0.2) is 4.39 Å². The van der Waals surface area contributed by atoms with E-state index in [4.69, 9.17) is 0 Å². The van der Waals surface area contributed by atoms with Crippen molar-refractivity contribution in [3.05, 3.63) is 0 Å². The maximum Gasteiger partial charge on any atom is 0.118 e. The molecule has 0 unspecified atom stereocenters. The number of hydrogen-bond donors (Lipinski definition) is 0. The molecule has 1 aliphatic rings. The fraction of sp³-hybridized carbons (Fsp3) is 1.00. The Morgan fingerprint density at radius 1 is 1.29 bits per heavy atom. The summed E-state index contributed by atoms with van der Waals surface area (Å²) >= 11 is 0. The Morgan fingerprint density at radius 2 is 1.79 bits per heavy atom. The zero-order chi connectivity index (χ0) is 10.8. The Kier molecular flexibility index (Phi) is 3.94. The first-order valence-corrected chi connectivity index (χ1v) is 5.80. The maximum absolute atomic E-state index is 13.4. The lowest BCUT2D eigenvalue weighted by molar-refractivity contribution is 0.0868. The first-order valence-electron chi connectivity index (χ1n) is 5.80. The molecule has 0 aromatic carbocycles. The highest BCUT2D eigenvalue weighted by atomic mass is 19.1. The van der Waals surface area contributed by atoms with Gasteiger partial charge in [-0.3, -0.25) is 0 Å². The molecule has 0 aliphatic carbocycles.